The highest BCUT2D eigenvalue weighted by molar-refractivity contribution is 5.96. The zero-order valence-electron chi connectivity index (χ0n) is 14.3. The Hall–Kier alpha value is -2.21. The smallest absolute Gasteiger partial charge is 0.257 e. The van der Waals surface area contributed by atoms with E-state index in [0.717, 1.165) is 17.9 Å². The van der Waals surface area contributed by atoms with Crippen molar-refractivity contribution in [3.05, 3.63) is 53.0 Å². The second kappa shape index (κ2) is 6.73. The first kappa shape index (κ1) is 16.6. The summed E-state index contributed by atoms with van der Waals surface area (Å²) in [5.41, 5.74) is 1.77. The quantitative estimate of drug-likeness (QED) is 0.864. The summed E-state index contributed by atoms with van der Waals surface area (Å²) < 4.78 is 19.3. The third kappa shape index (κ3) is 3.19. The summed E-state index contributed by atoms with van der Waals surface area (Å²) in [7, 11) is 2.01. The van der Waals surface area contributed by atoms with Gasteiger partial charge in [0.2, 0.25) is 0 Å². The van der Waals surface area contributed by atoms with Crippen LogP contribution in [0.15, 0.2) is 29.0 Å². The number of halogens is 1. The molecular weight excluding hydrogens is 309 g/mol. The number of hydrogen-bond donors (Lipinski definition) is 0. The van der Waals surface area contributed by atoms with Crippen LogP contribution in [-0.4, -0.2) is 46.9 Å². The minimum absolute atomic E-state index is 0.188. The molecule has 0 N–H and O–H groups in total. The average molecular weight is 331 g/mol. The van der Waals surface area contributed by atoms with Crippen LogP contribution >= 0.6 is 0 Å². The summed E-state index contributed by atoms with van der Waals surface area (Å²) in [4.78, 5) is 20.8. The summed E-state index contributed by atoms with van der Waals surface area (Å²) in [5.74, 6) is 0.143. The van der Waals surface area contributed by atoms with Gasteiger partial charge in [0.25, 0.3) is 5.91 Å². The van der Waals surface area contributed by atoms with E-state index in [4.69, 9.17) is 4.42 Å². The van der Waals surface area contributed by atoms with Crippen LogP contribution in [0, 0.1) is 19.7 Å². The maximum atomic E-state index is 14.0. The zero-order chi connectivity index (χ0) is 17.3. The normalized spacial score (nSPS) is 17.7. The number of amides is 1. The van der Waals surface area contributed by atoms with Gasteiger partial charge in [0.15, 0.2) is 6.39 Å². The van der Waals surface area contributed by atoms with Crippen molar-refractivity contribution in [1.82, 2.24) is 14.8 Å². The molecule has 1 atom stereocenters. The molecule has 24 heavy (non-hydrogen) atoms. The number of oxazole rings is 1. The Labute approximate surface area is 141 Å². The lowest BCUT2D eigenvalue weighted by molar-refractivity contribution is 0.0774. The van der Waals surface area contributed by atoms with Crippen LogP contribution in [-0.2, 0) is 6.54 Å². The summed E-state index contributed by atoms with van der Waals surface area (Å²) in [6.45, 7) is 5.57. The van der Waals surface area contributed by atoms with E-state index < -0.39 is 5.82 Å². The number of hydrogen-bond acceptors (Lipinski definition) is 4. The third-order valence-corrected chi connectivity index (χ3v) is 4.75. The lowest BCUT2D eigenvalue weighted by Gasteiger charge is -2.24. The van der Waals surface area contributed by atoms with Gasteiger partial charge in [-0.25, -0.2) is 9.37 Å². The maximum absolute atomic E-state index is 14.0. The van der Waals surface area contributed by atoms with E-state index in [2.05, 4.69) is 9.88 Å². The van der Waals surface area contributed by atoms with Crippen LogP contribution in [0.2, 0.25) is 0 Å². The molecule has 2 aromatic rings. The molecule has 3 rings (SSSR count). The number of aromatic nitrogens is 1. The van der Waals surface area contributed by atoms with Crippen molar-refractivity contribution in [2.24, 2.45) is 0 Å². The van der Waals surface area contributed by atoms with Gasteiger partial charge < -0.3 is 9.32 Å². The standard InChI is InChI=1S/C18H22FN3O2/c1-12-5-4-6-15(19)17(12)18(23)22-8-7-14(9-22)21(3)10-16-13(2)24-11-20-16/h4-6,11,14H,7-10H2,1-3H3. The molecule has 5 nitrogen and oxygen atoms in total. The van der Waals surface area contributed by atoms with E-state index in [1.54, 1.807) is 24.0 Å². The first-order chi connectivity index (χ1) is 11.5. The Morgan fingerprint density at radius 2 is 2.25 bits per heavy atom. The molecule has 0 radical (unpaired) electrons. The molecule has 1 fully saturated rings. The van der Waals surface area contributed by atoms with Crippen molar-refractivity contribution >= 4 is 5.91 Å². The molecule has 1 aliphatic rings. The fourth-order valence-corrected chi connectivity index (χ4v) is 3.19. The molecule has 2 heterocycles. The SMILES string of the molecule is Cc1cccc(F)c1C(=O)N1CCC(N(C)Cc2ncoc2C)C1. The van der Waals surface area contributed by atoms with Gasteiger partial charge in [0.05, 0.1) is 11.3 Å². The molecule has 6 heteroatoms. The van der Waals surface area contributed by atoms with Crippen LogP contribution in [0.1, 0.15) is 33.8 Å². The molecule has 128 valence electrons. The highest BCUT2D eigenvalue weighted by atomic mass is 19.1. The van der Waals surface area contributed by atoms with Gasteiger partial charge in [-0.3, -0.25) is 9.69 Å². The molecular formula is C18H22FN3O2. The Kier molecular flexibility index (Phi) is 4.66. The summed E-state index contributed by atoms with van der Waals surface area (Å²) >= 11 is 0. The Bertz CT molecular complexity index is 723. The summed E-state index contributed by atoms with van der Waals surface area (Å²) in [5, 5.41) is 0. The second-order valence-corrected chi connectivity index (χ2v) is 6.40. The number of likely N-dealkylation sites (tertiary alicyclic amines) is 1. The van der Waals surface area contributed by atoms with Gasteiger partial charge in [0, 0.05) is 25.7 Å². The van der Waals surface area contributed by atoms with Crippen molar-refractivity contribution in [2.45, 2.75) is 32.9 Å². The number of aryl methyl sites for hydroxylation is 2. The minimum Gasteiger partial charge on any atom is -0.448 e. The summed E-state index contributed by atoms with van der Waals surface area (Å²) in [6, 6.07) is 4.97. The number of nitrogens with zero attached hydrogens (tertiary/aromatic N) is 3. The molecule has 1 amide bonds. The van der Waals surface area contributed by atoms with Gasteiger partial charge in [0.1, 0.15) is 11.6 Å². The van der Waals surface area contributed by atoms with E-state index in [0.29, 0.717) is 25.2 Å². The van der Waals surface area contributed by atoms with Crippen LogP contribution < -0.4 is 0 Å². The van der Waals surface area contributed by atoms with E-state index in [1.165, 1.54) is 12.5 Å². The maximum Gasteiger partial charge on any atom is 0.257 e. The fourth-order valence-electron chi connectivity index (χ4n) is 3.19. The molecule has 0 aliphatic carbocycles. The Morgan fingerprint density at radius 3 is 2.92 bits per heavy atom. The third-order valence-electron chi connectivity index (χ3n) is 4.75. The van der Waals surface area contributed by atoms with E-state index in [9.17, 15) is 9.18 Å². The van der Waals surface area contributed by atoms with Crippen molar-refractivity contribution in [3.63, 3.8) is 0 Å². The summed E-state index contributed by atoms with van der Waals surface area (Å²) in [6.07, 6.45) is 2.32. The van der Waals surface area contributed by atoms with Crippen molar-refractivity contribution in [1.29, 1.82) is 0 Å². The number of rotatable bonds is 4. The average Bonchev–Trinajstić information content (AvgIpc) is 3.17. The Morgan fingerprint density at radius 1 is 1.46 bits per heavy atom. The van der Waals surface area contributed by atoms with Gasteiger partial charge in [-0.2, -0.15) is 0 Å². The number of carbonyl (C=O) groups is 1. The van der Waals surface area contributed by atoms with Crippen LogP contribution in [0.4, 0.5) is 4.39 Å². The number of benzene rings is 1. The lowest BCUT2D eigenvalue weighted by atomic mass is 10.1. The highest BCUT2D eigenvalue weighted by Crippen LogP contribution is 2.22. The molecule has 0 spiro atoms. The van der Waals surface area contributed by atoms with Gasteiger partial charge in [-0.15, -0.1) is 0 Å². The molecule has 1 aromatic carbocycles. The molecule has 1 aliphatic heterocycles. The molecule has 1 unspecified atom stereocenters. The zero-order valence-corrected chi connectivity index (χ0v) is 14.3. The van der Waals surface area contributed by atoms with E-state index >= 15 is 0 Å². The van der Waals surface area contributed by atoms with Gasteiger partial charge in [-0.1, -0.05) is 12.1 Å². The van der Waals surface area contributed by atoms with E-state index in [-0.39, 0.29) is 17.5 Å². The van der Waals surface area contributed by atoms with Crippen LogP contribution in [0.5, 0.6) is 0 Å². The topological polar surface area (TPSA) is 49.6 Å². The van der Waals surface area contributed by atoms with Crippen LogP contribution in [0.3, 0.4) is 0 Å². The van der Waals surface area contributed by atoms with Gasteiger partial charge in [-0.05, 0) is 38.9 Å². The molecule has 0 bridgehead atoms. The number of carbonyl (C=O) groups excluding carboxylic acids is 1. The molecule has 0 saturated carbocycles. The van der Waals surface area contributed by atoms with Crippen molar-refractivity contribution in [3.8, 4) is 0 Å². The first-order valence-electron chi connectivity index (χ1n) is 8.11. The monoisotopic (exact) mass is 331 g/mol. The molecule has 1 saturated heterocycles. The Balaban J connectivity index is 1.67. The van der Waals surface area contributed by atoms with Crippen LogP contribution in [0.25, 0.3) is 0 Å². The van der Waals surface area contributed by atoms with Gasteiger partial charge >= 0.3 is 0 Å². The van der Waals surface area contributed by atoms with Crippen molar-refractivity contribution < 1.29 is 13.6 Å². The lowest BCUT2D eigenvalue weighted by Crippen LogP contribution is -2.36. The largest absolute Gasteiger partial charge is 0.448 e. The fraction of sp³-hybridized carbons (Fsp3) is 0.444. The predicted molar refractivity (Wildman–Crippen MR) is 88.2 cm³/mol. The number of likely N-dealkylation sites (N-methyl/N-ethyl adjacent to an activating group) is 1. The van der Waals surface area contributed by atoms with E-state index in [1.807, 2.05) is 14.0 Å². The molecule has 1 aromatic heterocycles. The van der Waals surface area contributed by atoms with Crippen molar-refractivity contribution in [2.75, 3.05) is 20.1 Å². The first-order valence-corrected chi connectivity index (χ1v) is 8.11. The minimum atomic E-state index is -0.449. The highest BCUT2D eigenvalue weighted by Gasteiger charge is 2.31. The predicted octanol–water partition coefficient (Wildman–Crippen LogP) is 2.78. The second-order valence-electron chi connectivity index (χ2n) is 6.40.